The zero-order chi connectivity index (χ0) is 56.4. The molecule has 0 aromatic rings. The van der Waals surface area contributed by atoms with Crippen molar-refractivity contribution in [1.29, 1.82) is 0 Å². The Bertz CT molecular complexity index is 1180. The third kappa shape index (κ3) is 63.8. The van der Waals surface area contributed by atoms with Crippen LogP contribution in [0.5, 0.6) is 0 Å². The lowest BCUT2D eigenvalue weighted by Crippen LogP contribution is -2.45. The zero-order valence-electron chi connectivity index (χ0n) is 53.2. The highest BCUT2D eigenvalue weighted by Crippen LogP contribution is 2.19. The van der Waals surface area contributed by atoms with Crippen LogP contribution in [0, 0.1) is 0 Å². The first-order valence-corrected chi connectivity index (χ1v) is 36.0. The molecule has 6 heteroatoms. The van der Waals surface area contributed by atoms with E-state index < -0.39 is 12.1 Å². The normalized spacial score (nSPS) is 12.5. The Hall–Kier alpha value is -1.40. The minimum atomic E-state index is -0.843. The van der Waals surface area contributed by atoms with E-state index in [4.69, 9.17) is 4.74 Å². The van der Waals surface area contributed by atoms with Crippen LogP contribution in [0.4, 0.5) is 0 Å². The van der Waals surface area contributed by atoms with Crippen LogP contribution in [0.25, 0.3) is 0 Å². The minimum absolute atomic E-state index is 0.0195. The molecular weight excluding hydrogens is 959 g/mol. The number of hydrogen-bond donors (Lipinski definition) is 3. The van der Waals surface area contributed by atoms with Crippen LogP contribution >= 0.6 is 0 Å². The van der Waals surface area contributed by atoms with E-state index in [-0.39, 0.29) is 18.5 Å². The molecule has 464 valence electrons. The number of ether oxygens (including phenoxy) is 1. The Morgan fingerprint density at radius 1 is 0.346 bits per heavy atom. The van der Waals surface area contributed by atoms with Crippen molar-refractivity contribution >= 4 is 11.9 Å². The number of carbonyl (C=O) groups is 2. The molecule has 2 unspecified atom stereocenters. The summed E-state index contributed by atoms with van der Waals surface area (Å²) in [4.78, 5) is 24.6. The van der Waals surface area contributed by atoms with Gasteiger partial charge in [0.2, 0.25) is 5.91 Å². The standard InChI is InChI=1S/C72H141NO5/c1-3-5-7-9-11-13-15-17-18-19-20-21-28-31-34-37-41-44-48-52-56-60-64-70(75)69(68-74)73-71(76)65-61-57-53-49-45-42-38-35-32-29-26-24-22-23-25-27-30-33-36-39-43-47-51-55-59-63-67-78-72(77)66-62-58-54-50-46-40-16-14-12-10-8-6-4-2/h60,64,69-70,74-75H,3-59,61-63,65-68H2,1-2H3,(H,73,76)/b64-60+. The molecule has 3 N–H and O–H groups in total. The van der Waals surface area contributed by atoms with Crippen molar-refractivity contribution in [2.45, 2.75) is 424 Å². The van der Waals surface area contributed by atoms with Gasteiger partial charge in [-0.15, -0.1) is 0 Å². The molecule has 0 aromatic heterocycles. The van der Waals surface area contributed by atoms with Gasteiger partial charge in [0.25, 0.3) is 0 Å². The number of amides is 1. The second kappa shape index (κ2) is 68.1. The number of aliphatic hydroxyl groups excluding tert-OH is 2. The predicted molar refractivity (Wildman–Crippen MR) is 343 cm³/mol. The van der Waals surface area contributed by atoms with Gasteiger partial charge in [0.05, 0.1) is 25.4 Å². The Labute approximate surface area is 489 Å². The summed E-state index contributed by atoms with van der Waals surface area (Å²) in [6.45, 7) is 4.95. The molecule has 0 fully saturated rings. The highest BCUT2D eigenvalue weighted by molar-refractivity contribution is 5.76. The maximum atomic E-state index is 12.5. The second-order valence-corrected chi connectivity index (χ2v) is 24.9. The molecule has 78 heavy (non-hydrogen) atoms. The van der Waals surface area contributed by atoms with Gasteiger partial charge >= 0.3 is 5.97 Å². The summed E-state index contributed by atoms with van der Waals surface area (Å²) in [5, 5.41) is 23.3. The SMILES string of the molecule is CCCCCCCCCCCCCCCCCCCCCC/C=C/C(O)C(CO)NC(=O)CCCCCCCCCCCCCCCCCCCCCCCCCCCCOC(=O)CCCCCCCCCCCCCCC. The molecule has 6 nitrogen and oxygen atoms in total. The molecule has 0 aliphatic heterocycles. The van der Waals surface area contributed by atoms with Crippen LogP contribution in [0.1, 0.15) is 412 Å². The molecular formula is C72H141NO5. The summed E-state index contributed by atoms with van der Waals surface area (Å²) in [6, 6.07) is -0.626. The average Bonchev–Trinajstić information content (AvgIpc) is 3.44. The smallest absolute Gasteiger partial charge is 0.305 e. The van der Waals surface area contributed by atoms with E-state index in [1.807, 2.05) is 6.08 Å². The summed E-state index contributed by atoms with van der Waals surface area (Å²) in [5.41, 5.74) is 0. The number of nitrogens with one attached hydrogen (secondary N) is 1. The summed E-state index contributed by atoms with van der Waals surface area (Å²) < 4.78 is 5.49. The summed E-state index contributed by atoms with van der Waals surface area (Å²) in [7, 11) is 0. The number of unbranched alkanes of at least 4 members (excludes halogenated alkanes) is 57. The number of allylic oxidation sites excluding steroid dienone is 1. The van der Waals surface area contributed by atoms with Gasteiger partial charge in [0.1, 0.15) is 0 Å². The molecule has 0 aliphatic rings. The number of rotatable bonds is 68. The fourth-order valence-electron chi connectivity index (χ4n) is 11.6. The molecule has 0 saturated carbocycles. The van der Waals surface area contributed by atoms with Crippen LogP contribution in [-0.4, -0.2) is 47.4 Å². The average molecular weight is 1100 g/mol. The summed E-state index contributed by atoms with van der Waals surface area (Å²) in [5.74, 6) is -0.0413. The zero-order valence-corrected chi connectivity index (χ0v) is 53.2. The highest BCUT2D eigenvalue weighted by atomic mass is 16.5. The number of aliphatic hydroxyl groups is 2. The molecule has 0 spiro atoms. The number of esters is 1. The van der Waals surface area contributed by atoms with Gasteiger partial charge in [-0.3, -0.25) is 9.59 Å². The monoisotopic (exact) mass is 1100 g/mol. The minimum Gasteiger partial charge on any atom is -0.466 e. The third-order valence-corrected chi connectivity index (χ3v) is 17.1. The topological polar surface area (TPSA) is 95.9 Å². The fourth-order valence-corrected chi connectivity index (χ4v) is 11.6. The van der Waals surface area contributed by atoms with E-state index in [2.05, 4.69) is 19.2 Å². The molecule has 0 rings (SSSR count). The van der Waals surface area contributed by atoms with Crippen molar-refractivity contribution in [3.8, 4) is 0 Å². The van der Waals surface area contributed by atoms with Gasteiger partial charge in [-0.25, -0.2) is 0 Å². The molecule has 0 radical (unpaired) electrons. The largest absolute Gasteiger partial charge is 0.466 e. The highest BCUT2D eigenvalue weighted by Gasteiger charge is 2.18. The Morgan fingerprint density at radius 3 is 0.872 bits per heavy atom. The van der Waals surface area contributed by atoms with E-state index in [0.29, 0.717) is 19.4 Å². The fraction of sp³-hybridized carbons (Fsp3) is 0.944. The first kappa shape index (κ1) is 76.6. The van der Waals surface area contributed by atoms with Gasteiger partial charge in [0.15, 0.2) is 0 Å². The second-order valence-electron chi connectivity index (χ2n) is 24.9. The quantitative estimate of drug-likeness (QED) is 0.0320. The van der Waals surface area contributed by atoms with Crippen molar-refractivity contribution < 1.29 is 24.5 Å². The van der Waals surface area contributed by atoms with Gasteiger partial charge < -0.3 is 20.3 Å². The first-order valence-electron chi connectivity index (χ1n) is 36.0. The van der Waals surface area contributed by atoms with Crippen LogP contribution < -0.4 is 5.32 Å². The maximum absolute atomic E-state index is 12.5. The van der Waals surface area contributed by atoms with Gasteiger partial charge in [-0.2, -0.15) is 0 Å². The van der Waals surface area contributed by atoms with Gasteiger partial charge in [-0.1, -0.05) is 379 Å². The Kier molecular flexibility index (Phi) is 66.9. The van der Waals surface area contributed by atoms with E-state index >= 15 is 0 Å². The van der Waals surface area contributed by atoms with Crippen molar-refractivity contribution in [2.24, 2.45) is 0 Å². The molecule has 0 aromatic carbocycles. The van der Waals surface area contributed by atoms with E-state index in [1.165, 1.54) is 347 Å². The first-order chi connectivity index (χ1) is 38.5. The van der Waals surface area contributed by atoms with E-state index in [9.17, 15) is 19.8 Å². The molecule has 0 saturated heterocycles. The van der Waals surface area contributed by atoms with E-state index in [1.54, 1.807) is 6.08 Å². The van der Waals surface area contributed by atoms with Gasteiger partial charge in [0, 0.05) is 12.8 Å². The van der Waals surface area contributed by atoms with Crippen LogP contribution in [0.2, 0.25) is 0 Å². The summed E-state index contributed by atoms with van der Waals surface area (Å²) >= 11 is 0. The van der Waals surface area contributed by atoms with Crippen LogP contribution in [-0.2, 0) is 14.3 Å². The van der Waals surface area contributed by atoms with Crippen molar-refractivity contribution in [3.63, 3.8) is 0 Å². The molecule has 1 amide bonds. The lowest BCUT2D eigenvalue weighted by atomic mass is 10.0. The molecule has 0 heterocycles. The number of carbonyl (C=O) groups excluding carboxylic acids is 2. The van der Waals surface area contributed by atoms with Crippen LogP contribution in [0.3, 0.4) is 0 Å². The van der Waals surface area contributed by atoms with Crippen molar-refractivity contribution in [1.82, 2.24) is 5.32 Å². The summed E-state index contributed by atoms with van der Waals surface area (Å²) in [6.07, 6.45) is 84.4. The number of hydrogen-bond acceptors (Lipinski definition) is 5. The predicted octanol–water partition coefficient (Wildman–Crippen LogP) is 23.1. The van der Waals surface area contributed by atoms with E-state index in [0.717, 1.165) is 38.5 Å². The Morgan fingerprint density at radius 2 is 0.590 bits per heavy atom. The molecule has 0 bridgehead atoms. The molecule has 0 aliphatic carbocycles. The van der Waals surface area contributed by atoms with Crippen LogP contribution in [0.15, 0.2) is 12.2 Å². The van der Waals surface area contributed by atoms with Crippen molar-refractivity contribution in [2.75, 3.05) is 13.2 Å². The lowest BCUT2D eigenvalue weighted by Gasteiger charge is -2.20. The maximum Gasteiger partial charge on any atom is 0.305 e. The van der Waals surface area contributed by atoms with Gasteiger partial charge in [-0.05, 0) is 32.1 Å². The Balaban J connectivity index is 3.38. The van der Waals surface area contributed by atoms with Crippen molar-refractivity contribution in [3.05, 3.63) is 12.2 Å². The third-order valence-electron chi connectivity index (χ3n) is 17.1. The lowest BCUT2D eigenvalue weighted by molar-refractivity contribution is -0.143. The molecule has 2 atom stereocenters.